The highest BCUT2D eigenvalue weighted by Gasteiger charge is 2.21. The van der Waals surface area contributed by atoms with Crippen LogP contribution in [0.1, 0.15) is 49.1 Å². The van der Waals surface area contributed by atoms with E-state index in [0.29, 0.717) is 5.92 Å². The van der Waals surface area contributed by atoms with E-state index < -0.39 is 0 Å². The van der Waals surface area contributed by atoms with Crippen LogP contribution in [-0.2, 0) is 6.42 Å². The SMILES string of the molecule is CC(C)c1cnc2c(c1)CCC2O. The fraction of sp³-hybridized carbons (Fsp3) is 0.545. The third-order valence-corrected chi connectivity index (χ3v) is 2.69. The first-order valence-electron chi connectivity index (χ1n) is 4.85. The van der Waals surface area contributed by atoms with Crippen LogP contribution in [0.4, 0.5) is 0 Å². The highest BCUT2D eigenvalue weighted by molar-refractivity contribution is 5.31. The number of aliphatic hydroxyl groups excluding tert-OH is 1. The van der Waals surface area contributed by atoms with Crippen molar-refractivity contribution < 1.29 is 5.11 Å². The molecule has 2 rings (SSSR count). The number of nitrogens with zero attached hydrogens (tertiary/aromatic N) is 1. The fourth-order valence-electron chi connectivity index (χ4n) is 1.78. The molecule has 0 amide bonds. The topological polar surface area (TPSA) is 33.1 Å². The molecule has 1 aliphatic carbocycles. The molecular weight excluding hydrogens is 162 g/mol. The molecule has 0 saturated carbocycles. The number of aryl methyl sites for hydroxylation is 1. The molecule has 0 saturated heterocycles. The minimum atomic E-state index is -0.323. The standard InChI is InChI=1S/C11H15NO/c1-7(2)9-5-8-3-4-10(13)11(8)12-6-9/h5-7,10,13H,3-4H2,1-2H3. The Morgan fingerprint density at radius 3 is 3.00 bits per heavy atom. The van der Waals surface area contributed by atoms with Gasteiger partial charge in [0.15, 0.2) is 0 Å². The highest BCUT2D eigenvalue weighted by atomic mass is 16.3. The molecule has 70 valence electrons. The maximum absolute atomic E-state index is 9.55. The second-order valence-electron chi connectivity index (χ2n) is 4.02. The molecular formula is C11H15NO. The van der Waals surface area contributed by atoms with Crippen molar-refractivity contribution in [2.24, 2.45) is 0 Å². The van der Waals surface area contributed by atoms with Crippen LogP contribution in [0.25, 0.3) is 0 Å². The second kappa shape index (κ2) is 3.11. The number of aliphatic hydroxyl groups is 1. The van der Waals surface area contributed by atoms with Crippen LogP contribution in [0.15, 0.2) is 12.3 Å². The van der Waals surface area contributed by atoms with Crippen LogP contribution in [0.3, 0.4) is 0 Å². The van der Waals surface area contributed by atoms with Gasteiger partial charge in [-0.25, -0.2) is 0 Å². The van der Waals surface area contributed by atoms with Gasteiger partial charge >= 0.3 is 0 Å². The molecule has 1 aliphatic rings. The highest BCUT2D eigenvalue weighted by Crippen LogP contribution is 2.30. The predicted molar refractivity (Wildman–Crippen MR) is 51.6 cm³/mol. The average molecular weight is 177 g/mol. The molecule has 2 nitrogen and oxygen atoms in total. The summed E-state index contributed by atoms with van der Waals surface area (Å²) in [5.41, 5.74) is 3.40. The number of aromatic nitrogens is 1. The third kappa shape index (κ3) is 1.46. The molecule has 0 bridgehead atoms. The van der Waals surface area contributed by atoms with Crippen LogP contribution in [0, 0.1) is 0 Å². The van der Waals surface area contributed by atoms with Crippen molar-refractivity contribution in [2.45, 2.75) is 38.7 Å². The van der Waals surface area contributed by atoms with Crippen molar-refractivity contribution in [2.75, 3.05) is 0 Å². The third-order valence-electron chi connectivity index (χ3n) is 2.69. The first-order chi connectivity index (χ1) is 6.18. The van der Waals surface area contributed by atoms with Gasteiger partial charge in [-0.05, 0) is 29.9 Å². The Labute approximate surface area is 78.6 Å². The largest absolute Gasteiger partial charge is 0.387 e. The normalized spacial score (nSPS) is 20.8. The first-order valence-corrected chi connectivity index (χ1v) is 4.85. The molecule has 1 atom stereocenters. The lowest BCUT2D eigenvalue weighted by atomic mass is 10.0. The summed E-state index contributed by atoms with van der Waals surface area (Å²) in [5, 5.41) is 9.55. The first kappa shape index (κ1) is 8.70. The van der Waals surface area contributed by atoms with E-state index in [1.165, 1.54) is 11.1 Å². The minimum absolute atomic E-state index is 0.323. The van der Waals surface area contributed by atoms with Gasteiger partial charge in [0.25, 0.3) is 0 Å². The van der Waals surface area contributed by atoms with Crippen LogP contribution in [0.2, 0.25) is 0 Å². The van der Waals surface area contributed by atoms with E-state index in [9.17, 15) is 5.11 Å². The summed E-state index contributed by atoms with van der Waals surface area (Å²) in [5.74, 6) is 0.524. The van der Waals surface area contributed by atoms with E-state index >= 15 is 0 Å². The molecule has 1 heterocycles. The Hall–Kier alpha value is -0.890. The van der Waals surface area contributed by atoms with E-state index in [2.05, 4.69) is 24.9 Å². The van der Waals surface area contributed by atoms with E-state index in [1.807, 2.05) is 6.20 Å². The van der Waals surface area contributed by atoms with Gasteiger partial charge < -0.3 is 5.11 Å². The molecule has 0 aromatic carbocycles. The summed E-state index contributed by atoms with van der Waals surface area (Å²) in [4.78, 5) is 4.31. The number of rotatable bonds is 1. The van der Waals surface area contributed by atoms with Gasteiger partial charge in [0.05, 0.1) is 11.8 Å². The molecule has 1 N–H and O–H groups in total. The Balaban J connectivity index is 2.40. The maximum atomic E-state index is 9.55. The van der Waals surface area contributed by atoms with Crippen molar-refractivity contribution in [1.29, 1.82) is 0 Å². The van der Waals surface area contributed by atoms with Crippen molar-refractivity contribution in [3.05, 3.63) is 29.1 Å². The number of hydrogen-bond acceptors (Lipinski definition) is 2. The summed E-state index contributed by atoms with van der Waals surface area (Å²) < 4.78 is 0. The zero-order valence-electron chi connectivity index (χ0n) is 8.12. The summed E-state index contributed by atoms with van der Waals surface area (Å²) in [6.45, 7) is 4.32. The molecule has 0 fully saturated rings. The lowest BCUT2D eigenvalue weighted by Gasteiger charge is -2.07. The Morgan fingerprint density at radius 1 is 1.54 bits per heavy atom. The lowest BCUT2D eigenvalue weighted by Crippen LogP contribution is -1.97. The number of fused-ring (bicyclic) bond motifs is 1. The van der Waals surface area contributed by atoms with Crippen LogP contribution >= 0.6 is 0 Å². The number of pyridine rings is 1. The molecule has 1 unspecified atom stereocenters. The smallest absolute Gasteiger partial charge is 0.0965 e. The second-order valence-corrected chi connectivity index (χ2v) is 4.02. The molecule has 0 spiro atoms. The van der Waals surface area contributed by atoms with Crippen molar-refractivity contribution in [3.8, 4) is 0 Å². The lowest BCUT2D eigenvalue weighted by molar-refractivity contribution is 0.176. The van der Waals surface area contributed by atoms with Gasteiger partial charge in [-0.15, -0.1) is 0 Å². The molecule has 1 aromatic rings. The van der Waals surface area contributed by atoms with Gasteiger partial charge in [0.1, 0.15) is 0 Å². The molecule has 2 heteroatoms. The summed E-state index contributed by atoms with van der Waals surface area (Å²) >= 11 is 0. The van der Waals surface area contributed by atoms with Crippen LogP contribution in [0.5, 0.6) is 0 Å². The van der Waals surface area contributed by atoms with Gasteiger partial charge in [-0.2, -0.15) is 0 Å². The molecule has 1 aromatic heterocycles. The molecule has 13 heavy (non-hydrogen) atoms. The zero-order valence-corrected chi connectivity index (χ0v) is 8.12. The van der Waals surface area contributed by atoms with Crippen LogP contribution < -0.4 is 0 Å². The Morgan fingerprint density at radius 2 is 2.31 bits per heavy atom. The summed E-state index contributed by atoms with van der Waals surface area (Å²) in [6, 6.07) is 2.18. The molecule has 0 aliphatic heterocycles. The summed E-state index contributed by atoms with van der Waals surface area (Å²) in [6.07, 6.45) is 3.38. The van der Waals surface area contributed by atoms with Gasteiger partial charge in [-0.1, -0.05) is 19.9 Å². The van der Waals surface area contributed by atoms with E-state index in [-0.39, 0.29) is 6.10 Å². The van der Waals surface area contributed by atoms with E-state index in [1.54, 1.807) is 0 Å². The van der Waals surface area contributed by atoms with Crippen molar-refractivity contribution in [1.82, 2.24) is 4.98 Å². The quantitative estimate of drug-likeness (QED) is 0.713. The van der Waals surface area contributed by atoms with E-state index in [4.69, 9.17) is 0 Å². The minimum Gasteiger partial charge on any atom is -0.387 e. The van der Waals surface area contributed by atoms with E-state index in [0.717, 1.165) is 18.5 Å². The van der Waals surface area contributed by atoms with Crippen molar-refractivity contribution in [3.63, 3.8) is 0 Å². The molecule has 0 radical (unpaired) electrons. The van der Waals surface area contributed by atoms with Crippen LogP contribution in [-0.4, -0.2) is 10.1 Å². The van der Waals surface area contributed by atoms with Gasteiger partial charge in [-0.3, -0.25) is 4.98 Å². The maximum Gasteiger partial charge on any atom is 0.0965 e. The number of hydrogen-bond donors (Lipinski definition) is 1. The van der Waals surface area contributed by atoms with Gasteiger partial charge in [0, 0.05) is 6.20 Å². The summed E-state index contributed by atoms with van der Waals surface area (Å²) in [7, 11) is 0. The fourth-order valence-corrected chi connectivity index (χ4v) is 1.78. The zero-order chi connectivity index (χ0) is 9.42. The Kier molecular flexibility index (Phi) is 2.08. The monoisotopic (exact) mass is 177 g/mol. The Bertz CT molecular complexity index is 320. The van der Waals surface area contributed by atoms with Crippen molar-refractivity contribution >= 4 is 0 Å². The predicted octanol–water partition coefficient (Wildman–Crippen LogP) is 2.18. The van der Waals surface area contributed by atoms with Gasteiger partial charge in [0.2, 0.25) is 0 Å². The average Bonchev–Trinajstić information content (AvgIpc) is 2.47.